The standard InChI is InChI=1S/C60H34N2O3/c1-4-18-54-42(10-1)45-15-7-12-40(59(45)64-54)35-22-27-39(28-23-35)61-50-29-24-37(36-25-30-52-47(32-36)44-14-9-21-57-58(44)62(52)53-17-3-6-20-56(53)63-57)33-48(50)49-34-38(26-31-51(49)61)41-13-8-16-46-43-11-2-5-19-55(43)65-60(41)46/h1-34H. The van der Waals surface area contributed by atoms with E-state index in [9.17, 15) is 0 Å². The molecule has 4 aromatic heterocycles. The lowest BCUT2D eigenvalue weighted by Gasteiger charge is -2.20. The molecule has 0 N–H and O–H groups in total. The number of nitrogens with zero attached hydrogens (tertiary/aromatic N) is 2. The number of hydrogen-bond acceptors (Lipinski definition) is 3. The second kappa shape index (κ2) is 12.9. The zero-order chi connectivity index (χ0) is 42.3. The first kappa shape index (κ1) is 34.7. The molecule has 5 heteroatoms. The number of fused-ring (bicyclic) bond motifs is 14. The monoisotopic (exact) mass is 830 g/mol. The van der Waals surface area contributed by atoms with Crippen molar-refractivity contribution in [3.8, 4) is 56.3 Å². The van der Waals surface area contributed by atoms with Crippen LogP contribution in [-0.2, 0) is 0 Å². The van der Waals surface area contributed by atoms with Gasteiger partial charge in [0.05, 0.1) is 27.8 Å². The van der Waals surface area contributed by atoms with E-state index >= 15 is 0 Å². The molecule has 0 amide bonds. The van der Waals surface area contributed by atoms with Crippen molar-refractivity contribution in [3.63, 3.8) is 0 Å². The molecular weight excluding hydrogens is 797 g/mol. The molecule has 65 heavy (non-hydrogen) atoms. The van der Waals surface area contributed by atoms with E-state index in [2.05, 4.69) is 179 Å². The molecule has 0 saturated carbocycles. The molecule has 1 aliphatic heterocycles. The van der Waals surface area contributed by atoms with E-state index in [1.54, 1.807) is 0 Å². The fourth-order valence-corrected chi connectivity index (χ4v) is 10.8. The van der Waals surface area contributed by atoms with Gasteiger partial charge in [-0.05, 0) is 101 Å². The first-order valence-electron chi connectivity index (χ1n) is 22.1. The van der Waals surface area contributed by atoms with Gasteiger partial charge in [-0.15, -0.1) is 0 Å². The maximum absolute atomic E-state index is 6.57. The topological polar surface area (TPSA) is 45.4 Å². The van der Waals surface area contributed by atoms with Gasteiger partial charge in [-0.25, -0.2) is 0 Å². The predicted molar refractivity (Wildman–Crippen MR) is 266 cm³/mol. The van der Waals surface area contributed by atoms with Crippen LogP contribution in [0, 0.1) is 0 Å². The van der Waals surface area contributed by atoms with Crippen LogP contribution in [0.4, 0.5) is 0 Å². The Kier molecular flexibility index (Phi) is 6.89. The highest BCUT2D eigenvalue weighted by atomic mass is 16.5. The lowest BCUT2D eigenvalue weighted by Crippen LogP contribution is -2.03. The van der Waals surface area contributed by atoms with Gasteiger partial charge in [0.15, 0.2) is 11.5 Å². The van der Waals surface area contributed by atoms with E-state index in [1.165, 1.54) is 21.5 Å². The van der Waals surface area contributed by atoms with Gasteiger partial charge in [0.2, 0.25) is 0 Å². The van der Waals surface area contributed by atoms with Gasteiger partial charge in [-0.1, -0.05) is 127 Å². The fraction of sp³-hybridized carbons (Fsp3) is 0. The largest absolute Gasteiger partial charge is 0.455 e. The third-order valence-electron chi connectivity index (χ3n) is 13.7. The van der Waals surface area contributed by atoms with Crippen molar-refractivity contribution in [2.24, 2.45) is 0 Å². The lowest BCUT2D eigenvalue weighted by molar-refractivity contribution is 0.476. The molecule has 14 aromatic rings. The summed E-state index contributed by atoms with van der Waals surface area (Å²) >= 11 is 0. The van der Waals surface area contributed by atoms with Crippen LogP contribution in [0.5, 0.6) is 11.5 Å². The Bertz CT molecular complexity index is 4330. The van der Waals surface area contributed by atoms with Crippen molar-refractivity contribution in [1.82, 2.24) is 9.13 Å². The third-order valence-corrected chi connectivity index (χ3v) is 13.7. The van der Waals surface area contributed by atoms with E-state index in [1.807, 2.05) is 36.4 Å². The van der Waals surface area contributed by atoms with Crippen LogP contribution in [-0.4, -0.2) is 9.13 Å². The van der Waals surface area contributed by atoms with Crippen molar-refractivity contribution in [3.05, 3.63) is 206 Å². The highest BCUT2D eigenvalue weighted by Gasteiger charge is 2.24. The molecule has 0 aliphatic carbocycles. The minimum Gasteiger partial charge on any atom is -0.455 e. The molecule has 0 bridgehead atoms. The Morgan fingerprint density at radius 3 is 1.46 bits per heavy atom. The minimum atomic E-state index is 0.866. The molecule has 0 radical (unpaired) electrons. The molecule has 0 saturated heterocycles. The number of benzene rings is 10. The van der Waals surface area contributed by atoms with Gasteiger partial charge >= 0.3 is 0 Å². The molecule has 15 rings (SSSR count). The Morgan fingerprint density at radius 2 is 0.785 bits per heavy atom. The minimum absolute atomic E-state index is 0.866. The highest BCUT2D eigenvalue weighted by Crippen LogP contribution is 2.47. The van der Waals surface area contributed by atoms with Crippen LogP contribution < -0.4 is 4.74 Å². The summed E-state index contributed by atoms with van der Waals surface area (Å²) in [4.78, 5) is 0. The molecule has 1 aliphatic rings. The summed E-state index contributed by atoms with van der Waals surface area (Å²) in [6.07, 6.45) is 0. The number of furan rings is 2. The summed E-state index contributed by atoms with van der Waals surface area (Å²) in [6.45, 7) is 0. The van der Waals surface area contributed by atoms with E-state index in [0.717, 1.165) is 122 Å². The van der Waals surface area contributed by atoms with E-state index < -0.39 is 0 Å². The predicted octanol–water partition coefficient (Wildman–Crippen LogP) is 16.8. The van der Waals surface area contributed by atoms with Crippen LogP contribution in [0.25, 0.3) is 132 Å². The van der Waals surface area contributed by atoms with Gasteiger partial charge in [-0.3, -0.25) is 0 Å². The van der Waals surface area contributed by atoms with Crippen molar-refractivity contribution in [1.29, 1.82) is 0 Å². The molecule has 0 unspecified atom stereocenters. The number of para-hydroxylation sites is 7. The Hall–Kier alpha value is -8.80. The summed E-state index contributed by atoms with van der Waals surface area (Å²) in [5.74, 6) is 1.74. The molecule has 0 fully saturated rings. The quantitative estimate of drug-likeness (QED) is 0.177. The van der Waals surface area contributed by atoms with Gasteiger partial charge in [0.25, 0.3) is 0 Å². The summed E-state index contributed by atoms with van der Waals surface area (Å²) in [5, 5.41) is 9.23. The van der Waals surface area contributed by atoms with Gasteiger partial charge in [-0.2, -0.15) is 0 Å². The van der Waals surface area contributed by atoms with E-state index in [-0.39, 0.29) is 0 Å². The Labute approximate surface area is 371 Å². The summed E-state index contributed by atoms with van der Waals surface area (Å²) in [6, 6.07) is 73.7. The third kappa shape index (κ3) is 4.87. The van der Waals surface area contributed by atoms with Gasteiger partial charge in [0, 0.05) is 59.9 Å². The summed E-state index contributed by atoms with van der Waals surface area (Å²) in [5.41, 5.74) is 17.0. The smallest absolute Gasteiger partial charge is 0.152 e. The maximum atomic E-state index is 6.57. The lowest BCUT2D eigenvalue weighted by atomic mass is 9.98. The number of ether oxygens (including phenoxy) is 1. The Morgan fingerprint density at radius 1 is 0.308 bits per heavy atom. The van der Waals surface area contributed by atoms with Crippen LogP contribution in [0.3, 0.4) is 0 Å². The van der Waals surface area contributed by atoms with E-state index in [4.69, 9.17) is 13.6 Å². The molecule has 5 heterocycles. The second-order valence-electron chi connectivity index (χ2n) is 17.2. The Balaban J connectivity index is 0.924. The van der Waals surface area contributed by atoms with E-state index in [0.29, 0.717) is 0 Å². The first-order chi connectivity index (χ1) is 32.2. The number of aromatic nitrogens is 2. The average Bonchev–Trinajstić information content (AvgIpc) is 4.12. The van der Waals surface area contributed by atoms with Crippen LogP contribution >= 0.6 is 0 Å². The summed E-state index contributed by atoms with van der Waals surface area (Å²) in [7, 11) is 0. The molecule has 0 atom stereocenters. The summed E-state index contributed by atoms with van der Waals surface area (Å²) < 4.78 is 24.2. The highest BCUT2D eigenvalue weighted by molar-refractivity contribution is 6.16. The normalized spacial score (nSPS) is 12.4. The fourth-order valence-electron chi connectivity index (χ4n) is 10.8. The van der Waals surface area contributed by atoms with Crippen molar-refractivity contribution in [2.75, 3.05) is 0 Å². The van der Waals surface area contributed by atoms with Gasteiger partial charge in [0.1, 0.15) is 22.3 Å². The molecule has 10 aromatic carbocycles. The molecule has 5 nitrogen and oxygen atoms in total. The van der Waals surface area contributed by atoms with Crippen molar-refractivity contribution >= 4 is 87.5 Å². The average molecular weight is 831 g/mol. The second-order valence-corrected chi connectivity index (χ2v) is 17.2. The number of rotatable bonds is 4. The molecule has 0 spiro atoms. The zero-order valence-corrected chi connectivity index (χ0v) is 34.7. The maximum Gasteiger partial charge on any atom is 0.152 e. The van der Waals surface area contributed by atoms with Crippen LogP contribution in [0.2, 0.25) is 0 Å². The van der Waals surface area contributed by atoms with Gasteiger partial charge < -0.3 is 22.7 Å². The van der Waals surface area contributed by atoms with Crippen LogP contribution in [0.15, 0.2) is 215 Å². The van der Waals surface area contributed by atoms with Crippen molar-refractivity contribution < 1.29 is 13.6 Å². The molecule has 302 valence electrons. The van der Waals surface area contributed by atoms with Crippen LogP contribution in [0.1, 0.15) is 0 Å². The van der Waals surface area contributed by atoms with Crippen molar-refractivity contribution in [2.45, 2.75) is 0 Å². The number of hydrogen-bond donors (Lipinski definition) is 0. The molecular formula is C60H34N2O3. The SMILES string of the molecule is c1ccc2c(c1)Oc1cccc3c4cc(-c5ccc6c(c5)c5cc(-c7cccc8c7oc7ccccc78)ccc5n6-c5ccc(-c6cccc7c6oc6ccccc67)cc5)ccc4n-2c13. The zero-order valence-electron chi connectivity index (χ0n) is 34.7. The first-order valence-corrected chi connectivity index (χ1v) is 22.1.